The predicted molar refractivity (Wildman–Crippen MR) is 107 cm³/mol. The van der Waals surface area contributed by atoms with Gasteiger partial charge in [0.25, 0.3) is 0 Å². The van der Waals surface area contributed by atoms with Crippen LogP contribution >= 0.6 is 0 Å². The zero-order valence-corrected chi connectivity index (χ0v) is 16.2. The molecule has 29 heavy (non-hydrogen) atoms. The Bertz CT molecular complexity index is 858. The van der Waals surface area contributed by atoms with Crippen LogP contribution in [-0.4, -0.2) is 50.0 Å². The van der Waals surface area contributed by atoms with Gasteiger partial charge >= 0.3 is 6.03 Å². The maximum Gasteiger partial charge on any atom is 0.319 e. The number of benzene rings is 2. The van der Waals surface area contributed by atoms with E-state index in [4.69, 9.17) is 4.74 Å². The van der Waals surface area contributed by atoms with Gasteiger partial charge in [0.05, 0.1) is 13.7 Å². The second-order valence-electron chi connectivity index (χ2n) is 6.17. The Kier molecular flexibility index (Phi) is 7.96. The van der Waals surface area contributed by atoms with Crippen LogP contribution in [0.1, 0.15) is 6.42 Å². The number of halogens is 1. The van der Waals surface area contributed by atoms with Gasteiger partial charge in [0, 0.05) is 31.4 Å². The molecule has 2 aromatic carbocycles. The number of methoxy groups -OCH3 is 1. The number of likely N-dealkylation sites (N-methyl/N-ethyl adjacent to an activating group) is 1. The first kappa shape index (κ1) is 21.7. The summed E-state index contributed by atoms with van der Waals surface area (Å²) in [5.41, 5.74) is 0.897. The molecule has 4 amide bonds. The first-order chi connectivity index (χ1) is 13.9. The Morgan fingerprint density at radius 1 is 1.03 bits per heavy atom. The molecule has 3 N–H and O–H groups in total. The summed E-state index contributed by atoms with van der Waals surface area (Å²) in [6.07, 6.45) is 0.0276. The summed E-state index contributed by atoms with van der Waals surface area (Å²) >= 11 is 0. The molecule has 0 atom stereocenters. The molecule has 2 aromatic rings. The van der Waals surface area contributed by atoms with Crippen molar-refractivity contribution in [1.29, 1.82) is 0 Å². The van der Waals surface area contributed by atoms with Crippen molar-refractivity contribution in [2.45, 2.75) is 6.42 Å². The predicted octanol–water partition coefficient (Wildman–Crippen LogP) is 2.44. The van der Waals surface area contributed by atoms with Crippen LogP contribution in [0.15, 0.2) is 48.5 Å². The van der Waals surface area contributed by atoms with Crippen LogP contribution in [-0.2, 0) is 9.59 Å². The number of rotatable bonds is 8. The Morgan fingerprint density at radius 2 is 1.76 bits per heavy atom. The van der Waals surface area contributed by atoms with E-state index >= 15 is 0 Å². The third-order valence-electron chi connectivity index (χ3n) is 3.89. The summed E-state index contributed by atoms with van der Waals surface area (Å²) < 4.78 is 18.2. The molecule has 9 heteroatoms. The van der Waals surface area contributed by atoms with Gasteiger partial charge in [-0.15, -0.1) is 0 Å². The lowest BCUT2D eigenvalue weighted by Crippen LogP contribution is -2.37. The Balaban J connectivity index is 1.69. The largest absolute Gasteiger partial charge is 0.497 e. The van der Waals surface area contributed by atoms with E-state index in [0.29, 0.717) is 17.1 Å². The number of carbonyl (C=O) groups excluding carboxylic acids is 3. The molecule has 0 saturated heterocycles. The molecule has 0 aliphatic heterocycles. The highest BCUT2D eigenvalue weighted by Gasteiger charge is 2.13. The molecule has 0 heterocycles. The van der Waals surface area contributed by atoms with Crippen LogP contribution in [0.4, 0.5) is 20.6 Å². The van der Waals surface area contributed by atoms with E-state index in [1.165, 1.54) is 30.1 Å². The lowest BCUT2D eigenvalue weighted by atomic mass is 10.3. The molecule has 0 aliphatic rings. The lowest BCUT2D eigenvalue weighted by molar-refractivity contribution is -0.133. The first-order valence-electron chi connectivity index (χ1n) is 8.85. The monoisotopic (exact) mass is 402 g/mol. The van der Waals surface area contributed by atoms with Gasteiger partial charge in [0.2, 0.25) is 11.8 Å². The zero-order valence-electron chi connectivity index (χ0n) is 16.2. The van der Waals surface area contributed by atoms with Gasteiger partial charge in [-0.1, -0.05) is 6.07 Å². The van der Waals surface area contributed by atoms with Crippen molar-refractivity contribution < 1.29 is 23.5 Å². The maximum absolute atomic E-state index is 13.1. The second-order valence-corrected chi connectivity index (χ2v) is 6.17. The molecule has 0 aliphatic carbocycles. The molecule has 0 bridgehead atoms. The van der Waals surface area contributed by atoms with Crippen molar-refractivity contribution in [3.8, 4) is 5.75 Å². The molecule has 0 unspecified atom stereocenters. The number of hydrogen-bond acceptors (Lipinski definition) is 4. The lowest BCUT2D eigenvalue weighted by Gasteiger charge is -2.17. The van der Waals surface area contributed by atoms with E-state index in [0.717, 1.165) is 0 Å². The van der Waals surface area contributed by atoms with Gasteiger partial charge < -0.3 is 25.6 Å². The van der Waals surface area contributed by atoms with Crippen molar-refractivity contribution in [2.75, 3.05) is 37.9 Å². The molecule has 8 nitrogen and oxygen atoms in total. The van der Waals surface area contributed by atoms with E-state index in [9.17, 15) is 18.8 Å². The minimum atomic E-state index is -0.466. The second kappa shape index (κ2) is 10.6. The average molecular weight is 402 g/mol. The number of nitrogens with one attached hydrogen (secondary N) is 3. The molecule has 0 radical (unpaired) electrons. The quantitative estimate of drug-likeness (QED) is 0.631. The van der Waals surface area contributed by atoms with Gasteiger partial charge in [-0.05, 0) is 42.5 Å². The van der Waals surface area contributed by atoms with Crippen LogP contribution in [0.2, 0.25) is 0 Å². The van der Waals surface area contributed by atoms with E-state index < -0.39 is 17.8 Å². The van der Waals surface area contributed by atoms with Crippen molar-refractivity contribution in [3.05, 3.63) is 54.3 Å². The molecule has 0 aromatic heterocycles. The third-order valence-corrected chi connectivity index (χ3v) is 3.89. The van der Waals surface area contributed by atoms with Crippen molar-refractivity contribution in [1.82, 2.24) is 10.2 Å². The smallest absolute Gasteiger partial charge is 0.319 e. The van der Waals surface area contributed by atoms with Gasteiger partial charge in [-0.2, -0.15) is 0 Å². The molecule has 2 rings (SSSR count). The average Bonchev–Trinajstić information content (AvgIpc) is 2.68. The van der Waals surface area contributed by atoms with Gasteiger partial charge in [0.15, 0.2) is 0 Å². The number of anilines is 2. The van der Waals surface area contributed by atoms with E-state index in [1.54, 1.807) is 37.4 Å². The van der Waals surface area contributed by atoms with Crippen LogP contribution in [0.25, 0.3) is 0 Å². The highest BCUT2D eigenvalue weighted by Crippen LogP contribution is 2.14. The minimum absolute atomic E-state index is 0.0276. The molecular formula is C20H23FN4O4. The number of urea groups is 1. The molecule has 0 fully saturated rings. The van der Waals surface area contributed by atoms with Gasteiger partial charge in [0.1, 0.15) is 11.6 Å². The number of amides is 4. The summed E-state index contributed by atoms with van der Waals surface area (Å²) in [5.74, 6) is -0.557. The topological polar surface area (TPSA) is 99.8 Å². The highest BCUT2D eigenvalue weighted by atomic mass is 19.1. The highest BCUT2D eigenvalue weighted by molar-refractivity contribution is 5.94. The van der Waals surface area contributed by atoms with Crippen molar-refractivity contribution in [2.24, 2.45) is 0 Å². The van der Waals surface area contributed by atoms with Gasteiger partial charge in [-0.3, -0.25) is 9.59 Å². The van der Waals surface area contributed by atoms with Crippen LogP contribution in [0.5, 0.6) is 5.75 Å². The zero-order chi connectivity index (χ0) is 21.2. The van der Waals surface area contributed by atoms with E-state index in [-0.39, 0.29) is 25.4 Å². The maximum atomic E-state index is 13.1. The number of ether oxygens (including phenoxy) is 1. The molecular weight excluding hydrogens is 379 g/mol. The minimum Gasteiger partial charge on any atom is -0.497 e. The van der Waals surface area contributed by atoms with Crippen LogP contribution in [0.3, 0.4) is 0 Å². The summed E-state index contributed by atoms with van der Waals surface area (Å²) in [6, 6.07) is 11.8. The van der Waals surface area contributed by atoms with E-state index in [2.05, 4.69) is 16.0 Å². The normalized spacial score (nSPS) is 10.0. The SMILES string of the molecule is COc1ccc(NC(=O)NCCC(=O)N(C)CC(=O)Nc2cccc(F)c2)cc1. The Hall–Kier alpha value is -3.62. The number of hydrogen-bond donors (Lipinski definition) is 3. The summed E-state index contributed by atoms with van der Waals surface area (Å²) in [7, 11) is 3.03. The summed E-state index contributed by atoms with van der Waals surface area (Å²) in [6.45, 7) is -0.0793. The number of nitrogens with zero attached hydrogens (tertiary/aromatic N) is 1. The fourth-order valence-corrected chi connectivity index (χ4v) is 2.39. The number of carbonyl (C=O) groups is 3. The Labute approximate surface area is 168 Å². The first-order valence-corrected chi connectivity index (χ1v) is 8.85. The van der Waals surface area contributed by atoms with Crippen LogP contribution in [0, 0.1) is 5.82 Å². The van der Waals surface area contributed by atoms with Crippen molar-refractivity contribution >= 4 is 29.2 Å². The summed E-state index contributed by atoms with van der Waals surface area (Å²) in [5, 5.41) is 7.73. The fourth-order valence-electron chi connectivity index (χ4n) is 2.39. The standard InChI is InChI=1S/C20H23FN4O4/c1-25(13-18(26)23-16-5-3-4-14(21)12-16)19(27)10-11-22-20(28)24-15-6-8-17(29-2)9-7-15/h3-9,12H,10-11,13H2,1-2H3,(H,23,26)(H2,22,24,28). The molecule has 0 spiro atoms. The molecule has 0 saturated carbocycles. The van der Waals surface area contributed by atoms with Crippen molar-refractivity contribution in [3.63, 3.8) is 0 Å². The van der Waals surface area contributed by atoms with Gasteiger partial charge in [-0.25, -0.2) is 9.18 Å². The summed E-state index contributed by atoms with van der Waals surface area (Å²) in [4.78, 5) is 37.1. The fraction of sp³-hybridized carbons (Fsp3) is 0.250. The third kappa shape index (κ3) is 7.49. The Morgan fingerprint density at radius 3 is 2.41 bits per heavy atom. The molecule has 154 valence electrons. The van der Waals surface area contributed by atoms with E-state index in [1.807, 2.05) is 0 Å². The van der Waals surface area contributed by atoms with Crippen LogP contribution < -0.4 is 20.7 Å².